The number of benzene rings is 3. The smallest absolute Gasteiger partial charge is 0.338 e. The third kappa shape index (κ3) is 6.79. The van der Waals surface area contributed by atoms with Crippen molar-refractivity contribution >= 4 is 11.7 Å². The molecule has 1 unspecified atom stereocenters. The predicted octanol–water partition coefficient (Wildman–Crippen LogP) is 6.24. The average molecular weight is 504 g/mol. The molecule has 0 fully saturated rings. The molecular formula is C32H41NO4. The van der Waals surface area contributed by atoms with Crippen LogP contribution in [-0.2, 0) is 16.6 Å². The fourth-order valence-electron chi connectivity index (χ4n) is 4.68. The number of esters is 1. The van der Waals surface area contributed by atoms with E-state index in [0.29, 0.717) is 18.6 Å². The molecule has 3 rings (SSSR count). The molecule has 2 N–H and O–H groups in total. The van der Waals surface area contributed by atoms with Gasteiger partial charge in [0, 0.05) is 25.2 Å². The zero-order chi connectivity index (χ0) is 27.2. The maximum absolute atomic E-state index is 12.1. The summed E-state index contributed by atoms with van der Waals surface area (Å²) in [5.41, 5.74) is 8.05. The summed E-state index contributed by atoms with van der Waals surface area (Å²) in [7, 11) is 0. The van der Waals surface area contributed by atoms with Crippen molar-refractivity contribution < 1.29 is 19.7 Å². The summed E-state index contributed by atoms with van der Waals surface area (Å²) < 4.78 is 5.11. The molecule has 0 aliphatic heterocycles. The Bertz CT molecular complexity index is 1190. The van der Waals surface area contributed by atoms with E-state index < -0.39 is 6.10 Å². The molecule has 0 aromatic heterocycles. The second-order valence-corrected chi connectivity index (χ2v) is 10.4. The van der Waals surface area contributed by atoms with E-state index in [1.54, 1.807) is 19.1 Å². The zero-order valence-electron chi connectivity index (χ0n) is 23.0. The summed E-state index contributed by atoms with van der Waals surface area (Å²) in [6.45, 7) is 14.8. The number of aliphatic hydroxyl groups excluding tert-OH is 2. The van der Waals surface area contributed by atoms with E-state index in [1.807, 2.05) is 24.3 Å². The molecule has 0 spiro atoms. The van der Waals surface area contributed by atoms with E-state index in [-0.39, 0.29) is 18.0 Å². The minimum atomic E-state index is -0.828. The first-order chi connectivity index (χ1) is 17.6. The van der Waals surface area contributed by atoms with Crippen LogP contribution in [0, 0.1) is 0 Å². The van der Waals surface area contributed by atoms with Crippen molar-refractivity contribution in [1.29, 1.82) is 0 Å². The van der Waals surface area contributed by atoms with Gasteiger partial charge in [-0.1, -0.05) is 51.1 Å². The highest BCUT2D eigenvalue weighted by atomic mass is 16.5. The van der Waals surface area contributed by atoms with Crippen molar-refractivity contribution in [2.45, 2.75) is 59.5 Å². The highest BCUT2D eigenvalue weighted by molar-refractivity contribution is 5.90. The summed E-state index contributed by atoms with van der Waals surface area (Å²) in [4.78, 5) is 14.4. The fourth-order valence-corrected chi connectivity index (χ4v) is 4.68. The van der Waals surface area contributed by atoms with Gasteiger partial charge >= 0.3 is 5.97 Å². The number of hydrogen-bond acceptors (Lipinski definition) is 5. The van der Waals surface area contributed by atoms with Crippen LogP contribution in [0.4, 0.5) is 5.69 Å². The van der Waals surface area contributed by atoms with Gasteiger partial charge in [0.25, 0.3) is 0 Å². The Morgan fingerprint density at radius 2 is 1.51 bits per heavy atom. The molecular weight excluding hydrogens is 462 g/mol. The van der Waals surface area contributed by atoms with E-state index in [4.69, 9.17) is 4.74 Å². The van der Waals surface area contributed by atoms with E-state index in [9.17, 15) is 15.0 Å². The molecule has 5 nitrogen and oxygen atoms in total. The number of anilines is 1. The van der Waals surface area contributed by atoms with Crippen molar-refractivity contribution in [3.8, 4) is 22.3 Å². The van der Waals surface area contributed by atoms with Crippen LogP contribution < -0.4 is 4.90 Å². The minimum Gasteiger partial charge on any atom is -0.462 e. The largest absolute Gasteiger partial charge is 0.462 e. The molecule has 5 heteroatoms. The summed E-state index contributed by atoms with van der Waals surface area (Å²) in [6.07, 6.45) is -0.471. The van der Waals surface area contributed by atoms with Crippen molar-refractivity contribution in [3.63, 3.8) is 0 Å². The number of ether oxygens (including phenoxy) is 1. The van der Waals surface area contributed by atoms with Crippen LogP contribution in [0.2, 0.25) is 0 Å². The Balaban J connectivity index is 2.13. The molecule has 3 aromatic rings. The fraction of sp³-hybridized carbons (Fsp3) is 0.406. The highest BCUT2D eigenvalue weighted by Crippen LogP contribution is 2.38. The monoisotopic (exact) mass is 503 g/mol. The van der Waals surface area contributed by atoms with Gasteiger partial charge in [-0.3, -0.25) is 0 Å². The Hall–Kier alpha value is -3.15. The van der Waals surface area contributed by atoms with Gasteiger partial charge in [-0.2, -0.15) is 0 Å². The molecule has 0 saturated carbocycles. The Morgan fingerprint density at radius 3 is 2.08 bits per heavy atom. The van der Waals surface area contributed by atoms with Crippen molar-refractivity contribution in [1.82, 2.24) is 0 Å². The Morgan fingerprint density at radius 1 is 0.892 bits per heavy atom. The second kappa shape index (κ2) is 12.4. The van der Waals surface area contributed by atoms with E-state index in [0.717, 1.165) is 40.9 Å². The van der Waals surface area contributed by atoms with Gasteiger partial charge in [0.15, 0.2) is 0 Å². The molecule has 0 heterocycles. The Kier molecular flexibility index (Phi) is 9.52. The lowest BCUT2D eigenvalue weighted by atomic mass is 9.82. The maximum Gasteiger partial charge on any atom is 0.338 e. The van der Waals surface area contributed by atoms with Gasteiger partial charge in [0.05, 0.1) is 24.9 Å². The lowest BCUT2D eigenvalue weighted by Gasteiger charge is -2.31. The minimum absolute atomic E-state index is 0.0563. The summed E-state index contributed by atoms with van der Waals surface area (Å²) in [5, 5.41) is 19.8. The summed E-state index contributed by atoms with van der Waals surface area (Å²) >= 11 is 0. The normalized spacial score (nSPS) is 12.3. The molecule has 0 amide bonds. The zero-order valence-corrected chi connectivity index (χ0v) is 23.0. The lowest BCUT2D eigenvalue weighted by molar-refractivity contribution is 0.0526. The third-order valence-electron chi connectivity index (χ3n) is 6.73. The molecule has 0 bridgehead atoms. The number of nitrogens with zero attached hydrogens (tertiary/aromatic N) is 1. The van der Waals surface area contributed by atoms with Gasteiger partial charge in [0.1, 0.15) is 0 Å². The topological polar surface area (TPSA) is 70.0 Å². The van der Waals surface area contributed by atoms with E-state index >= 15 is 0 Å². The first-order valence-corrected chi connectivity index (χ1v) is 13.2. The second-order valence-electron chi connectivity index (χ2n) is 10.4. The van der Waals surface area contributed by atoms with Gasteiger partial charge in [-0.25, -0.2) is 4.79 Å². The van der Waals surface area contributed by atoms with Crippen LogP contribution in [0.5, 0.6) is 0 Å². The van der Waals surface area contributed by atoms with Gasteiger partial charge in [-0.05, 0) is 89.9 Å². The molecule has 3 aromatic carbocycles. The quantitative estimate of drug-likeness (QED) is 0.321. The number of carbonyl (C=O) groups is 1. The van der Waals surface area contributed by atoms with Crippen LogP contribution in [0.1, 0.15) is 63.0 Å². The molecule has 37 heavy (non-hydrogen) atoms. The van der Waals surface area contributed by atoms with E-state index in [1.165, 1.54) is 11.3 Å². The molecule has 198 valence electrons. The van der Waals surface area contributed by atoms with Crippen LogP contribution in [-0.4, -0.2) is 48.6 Å². The van der Waals surface area contributed by atoms with Gasteiger partial charge in [0.2, 0.25) is 0 Å². The molecule has 0 aliphatic rings. The summed E-state index contributed by atoms with van der Waals surface area (Å²) in [6, 6.07) is 20.2. The maximum atomic E-state index is 12.1. The molecule has 0 radical (unpaired) electrons. The number of aliphatic hydroxyl groups is 2. The number of rotatable bonds is 10. The molecule has 1 atom stereocenters. The standard InChI is InChI=1S/C32H41NO4/c1-7-33(8-2)30-17-16-26(20-29(30)32(4,5)6)28-19-24(14-15-25(28)18-27(35)21-34)22-10-12-23(13-11-22)31(36)37-9-3/h10-17,19-20,27,34-35H,7-9,18,21H2,1-6H3. The van der Waals surface area contributed by atoms with Crippen molar-refractivity contribution in [2.24, 2.45) is 0 Å². The van der Waals surface area contributed by atoms with Crippen molar-refractivity contribution in [2.75, 3.05) is 31.2 Å². The number of hydrogen-bond donors (Lipinski definition) is 2. The van der Waals surface area contributed by atoms with Crippen molar-refractivity contribution in [3.05, 3.63) is 77.4 Å². The predicted molar refractivity (Wildman–Crippen MR) is 152 cm³/mol. The van der Waals surface area contributed by atoms with E-state index in [2.05, 4.69) is 63.8 Å². The molecule has 0 saturated heterocycles. The Labute approximate surface area is 221 Å². The third-order valence-corrected chi connectivity index (χ3v) is 6.73. The van der Waals surface area contributed by atoms with Crippen LogP contribution >= 0.6 is 0 Å². The highest BCUT2D eigenvalue weighted by Gasteiger charge is 2.22. The molecule has 0 aliphatic carbocycles. The van der Waals surface area contributed by atoms with Crippen LogP contribution in [0.15, 0.2) is 60.7 Å². The van der Waals surface area contributed by atoms with Gasteiger partial charge in [-0.15, -0.1) is 0 Å². The lowest BCUT2D eigenvalue weighted by Crippen LogP contribution is -2.26. The van der Waals surface area contributed by atoms with Gasteiger partial charge < -0.3 is 19.8 Å². The van der Waals surface area contributed by atoms with Crippen LogP contribution in [0.25, 0.3) is 22.3 Å². The number of carbonyl (C=O) groups excluding carboxylic acids is 1. The first kappa shape index (κ1) is 28.4. The average Bonchev–Trinajstić information content (AvgIpc) is 2.89. The van der Waals surface area contributed by atoms with Crippen LogP contribution in [0.3, 0.4) is 0 Å². The summed E-state index contributed by atoms with van der Waals surface area (Å²) in [5.74, 6) is -0.328. The SMILES string of the molecule is CCOC(=O)c1ccc(-c2ccc(CC(O)CO)c(-c3ccc(N(CC)CC)c(C(C)(C)C)c3)c2)cc1. The first-order valence-electron chi connectivity index (χ1n) is 13.2.